The lowest BCUT2D eigenvalue weighted by molar-refractivity contribution is -0.405. The third-order valence-corrected chi connectivity index (χ3v) is 3.05. The van der Waals surface area contributed by atoms with Gasteiger partial charge >= 0.3 is 23.9 Å². The Bertz CT molecular complexity index is 592. The molecule has 0 heterocycles. The monoisotopic (exact) mass is 371 g/mol. The van der Waals surface area contributed by atoms with E-state index in [0.717, 1.165) is 12.2 Å². The molecule has 1 amide bonds. The molecule has 1 aromatic rings. The van der Waals surface area contributed by atoms with Crippen molar-refractivity contribution in [1.82, 2.24) is 0 Å². The van der Waals surface area contributed by atoms with Gasteiger partial charge in [0.15, 0.2) is 0 Å². The number of halogens is 10. The highest BCUT2D eigenvalue weighted by Crippen LogP contribution is 2.59. The van der Waals surface area contributed by atoms with E-state index in [-0.39, 0.29) is 5.56 Å². The van der Waals surface area contributed by atoms with Gasteiger partial charge < -0.3 is 5.32 Å². The summed E-state index contributed by atoms with van der Waals surface area (Å²) in [6.07, 6.45) is -21.0. The minimum atomic E-state index is -7.01. The van der Waals surface area contributed by atoms with Crippen LogP contribution in [0.5, 0.6) is 0 Å². The van der Waals surface area contributed by atoms with E-state index in [4.69, 9.17) is 0 Å². The summed E-state index contributed by atoms with van der Waals surface area (Å²) in [5, 5.41) is 0.932. The summed E-state index contributed by atoms with van der Waals surface area (Å²) in [7, 11) is 0. The van der Waals surface area contributed by atoms with Crippen molar-refractivity contribution in [3.63, 3.8) is 0 Å². The first-order valence-electron chi connectivity index (χ1n) is 5.83. The van der Waals surface area contributed by atoms with Gasteiger partial charge in [0.25, 0.3) is 5.91 Å². The van der Waals surface area contributed by atoms with Gasteiger partial charge in [-0.05, 0) is 30.7 Å². The molecule has 12 heteroatoms. The van der Waals surface area contributed by atoms with E-state index >= 15 is 0 Å². The summed E-state index contributed by atoms with van der Waals surface area (Å²) in [6.45, 7) is 0.967. The highest BCUT2D eigenvalue weighted by atomic mass is 19.4. The lowest BCUT2D eigenvalue weighted by Gasteiger charge is -2.37. The van der Waals surface area contributed by atoms with Crippen molar-refractivity contribution < 1.29 is 48.7 Å². The molecule has 0 saturated carbocycles. The van der Waals surface area contributed by atoms with Gasteiger partial charge in [0.05, 0.1) is 0 Å². The van der Waals surface area contributed by atoms with E-state index in [1.54, 1.807) is 0 Å². The van der Waals surface area contributed by atoms with Crippen LogP contribution < -0.4 is 5.32 Å². The third-order valence-electron chi connectivity index (χ3n) is 3.05. The number of benzene rings is 1. The fourth-order valence-electron chi connectivity index (χ4n) is 1.85. The number of amides is 1. The van der Waals surface area contributed by atoms with Crippen LogP contribution >= 0.6 is 0 Å². The number of rotatable bonds is 2. The number of nitrogens with one attached hydrogen (secondary N) is 1. The molecule has 0 aliphatic heterocycles. The SMILES string of the molecule is Cc1cc(F)ccc1NC(=O)C(C(F)(F)F)(C(F)(F)F)C(F)(F)F. The van der Waals surface area contributed by atoms with E-state index in [2.05, 4.69) is 0 Å². The predicted molar refractivity (Wildman–Crippen MR) is 60.4 cm³/mol. The van der Waals surface area contributed by atoms with Gasteiger partial charge in [-0.15, -0.1) is 0 Å². The Hall–Kier alpha value is -2.01. The van der Waals surface area contributed by atoms with Crippen LogP contribution in [0.1, 0.15) is 5.56 Å². The molecule has 0 fully saturated rings. The summed E-state index contributed by atoms with van der Waals surface area (Å²) < 4.78 is 127. The second-order valence-electron chi connectivity index (χ2n) is 4.66. The van der Waals surface area contributed by atoms with Crippen LogP contribution in [-0.4, -0.2) is 24.4 Å². The van der Waals surface area contributed by atoms with Crippen LogP contribution in [0.4, 0.5) is 49.6 Å². The van der Waals surface area contributed by atoms with Gasteiger partial charge in [-0.3, -0.25) is 4.79 Å². The van der Waals surface area contributed by atoms with Crippen molar-refractivity contribution in [2.24, 2.45) is 5.41 Å². The quantitative estimate of drug-likeness (QED) is 0.748. The van der Waals surface area contributed by atoms with Gasteiger partial charge in [-0.1, -0.05) is 0 Å². The Kier molecular flexibility index (Phi) is 4.85. The Balaban J connectivity index is 3.53. The molecule has 0 atom stereocenters. The first-order valence-corrected chi connectivity index (χ1v) is 5.83. The number of carbonyl (C=O) groups is 1. The average molecular weight is 371 g/mol. The molecule has 1 rings (SSSR count). The Morgan fingerprint density at radius 2 is 1.29 bits per heavy atom. The third kappa shape index (κ3) is 3.13. The van der Waals surface area contributed by atoms with E-state index in [0.29, 0.717) is 18.2 Å². The van der Waals surface area contributed by atoms with Gasteiger partial charge in [0.1, 0.15) is 5.82 Å². The van der Waals surface area contributed by atoms with E-state index < -0.39 is 41.4 Å². The largest absolute Gasteiger partial charge is 0.421 e. The predicted octanol–water partition coefficient (Wildman–Crippen LogP) is 4.75. The van der Waals surface area contributed by atoms with Crippen molar-refractivity contribution >= 4 is 11.6 Å². The number of alkyl halides is 9. The Morgan fingerprint density at radius 1 is 0.875 bits per heavy atom. The van der Waals surface area contributed by atoms with Crippen molar-refractivity contribution in [3.8, 4) is 0 Å². The fourth-order valence-corrected chi connectivity index (χ4v) is 1.85. The molecule has 0 radical (unpaired) electrons. The van der Waals surface area contributed by atoms with E-state index in [1.165, 1.54) is 0 Å². The first-order chi connectivity index (χ1) is 10.6. The molecule has 0 aromatic heterocycles. The van der Waals surface area contributed by atoms with Crippen LogP contribution in [0.25, 0.3) is 0 Å². The molecule has 1 N–H and O–H groups in total. The van der Waals surface area contributed by atoms with Crippen LogP contribution in [0.15, 0.2) is 18.2 Å². The summed E-state index contributed by atoms with van der Waals surface area (Å²) in [6, 6.07) is 1.68. The average Bonchev–Trinajstić information content (AvgIpc) is 2.27. The zero-order valence-corrected chi connectivity index (χ0v) is 11.4. The minimum absolute atomic E-state index is 0.372. The maximum atomic E-state index is 12.8. The van der Waals surface area contributed by atoms with Crippen LogP contribution in [0.3, 0.4) is 0 Å². The van der Waals surface area contributed by atoms with Crippen LogP contribution in [-0.2, 0) is 4.79 Å². The van der Waals surface area contributed by atoms with Crippen molar-refractivity contribution in [2.75, 3.05) is 5.32 Å². The Labute approximate surface area is 127 Å². The Morgan fingerprint density at radius 3 is 1.62 bits per heavy atom. The maximum Gasteiger partial charge on any atom is 0.421 e. The molecule has 0 aliphatic carbocycles. The number of hydrogen-bond donors (Lipinski definition) is 1. The second kappa shape index (κ2) is 5.81. The summed E-state index contributed by atoms with van der Waals surface area (Å²) >= 11 is 0. The second-order valence-corrected chi connectivity index (χ2v) is 4.66. The molecule has 24 heavy (non-hydrogen) atoms. The standard InChI is InChI=1S/C12H7F10NO/c1-5-4-6(13)2-3-7(5)23-8(24)9(10(14,15)16,11(17,18)19)12(20,21)22/h2-4H,1H3,(H,23,24). The number of aryl methyl sites for hydroxylation is 1. The van der Waals surface area contributed by atoms with Gasteiger partial charge in [0, 0.05) is 5.69 Å². The molecular weight excluding hydrogens is 364 g/mol. The topological polar surface area (TPSA) is 29.1 Å². The van der Waals surface area contributed by atoms with Gasteiger partial charge in [-0.25, -0.2) is 4.39 Å². The van der Waals surface area contributed by atoms with Crippen molar-refractivity contribution in [3.05, 3.63) is 29.6 Å². The highest BCUT2D eigenvalue weighted by molar-refractivity contribution is 5.97. The summed E-state index contributed by atoms with van der Waals surface area (Å²) in [5.74, 6) is -4.34. The molecule has 0 saturated heterocycles. The van der Waals surface area contributed by atoms with Crippen LogP contribution in [0, 0.1) is 18.2 Å². The number of carbonyl (C=O) groups excluding carboxylic acids is 1. The zero-order valence-electron chi connectivity index (χ0n) is 11.4. The summed E-state index contributed by atoms with van der Waals surface area (Å²) in [5.41, 5.74) is -7.83. The molecule has 136 valence electrons. The molecule has 2 nitrogen and oxygen atoms in total. The first kappa shape index (κ1) is 20.0. The highest BCUT2D eigenvalue weighted by Gasteiger charge is 2.88. The molecule has 0 aliphatic rings. The van der Waals surface area contributed by atoms with Crippen molar-refractivity contribution in [1.29, 1.82) is 0 Å². The molecule has 0 bridgehead atoms. The van der Waals surface area contributed by atoms with Gasteiger partial charge in [0.2, 0.25) is 0 Å². The van der Waals surface area contributed by atoms with Gasteiger partial charge in [-0.2, -0.15) is 39.5 Å². The summed E-state index contributed by atoms with van der Waals surface area (Å²) in [4.78, 5) is 11.4. The smallest absolute Gasteiger partial charge is 0.324 e. The normalized spacial score (nSPS) is 13.8. The van der Waals surface area contributed by atoms with E-state index in [1.807, 2.05) is 0 Å². The maximum absolute atomic E-state index is 12.8. The van der Waals surface area contributed by atoms with Crippen molar-refractivity contribution in [2.45, 2.75) is 25.5 Å². The van der Waals surface area contributed by atoms with E-state index in [9.17, 15) is 48.7 Å². The van der Waals surface area contributed by atoms with Crippen LogP contribution in [0.2, 0.25) is 0 Å². The minimum Gasteiger partial charge on any atom is -0.324 e. The molecular formula is C12H7F10NO. The molecule has 1 aromatic carbocycles. The number of anilines is 1. The fraction of sp³-hybridized carbons (Fsp3) is 0.417. The number of hydrogen-bond acceptors (Lipinski definition) is 1. The molecule has 0 spiro atoms. The lowest BCUT2D eigenvalue weighted by Crippen LogP contribution is -2.65. The molecule has 0 unspecified atom stereocenters. The zero-order chi connectivity index (χ0) is 19.1. The lowest BCUT2D eigenvalue weighted by atomic mass is 9.84.